The maximum atomic E-state index is 11.0. The molecule has 0 N–H and O–H groups in total. The van der Waals surface area contributed by atoms with Gasteiger partial charge in [-0.2, -0.15) is 0 Å². The van der Waals surface area contributed by atoms with Crippen molar-refractivity contribution in [3.8, 4) is 0 Å². The maximum Gasteiger partial charge on any atom is 0.334 e. The van der Waals surface area contributed by atoms with Crippen LogP contribution in [0.25, 0.3) is 0 Å². The van der Waals surface area contributed by atoms with Gasteiger partial charge in [0.15, 0.2) is 5.15 Å². The molecular formula is C8H8Cl2N2O2. The number of carbonyl (C=O) groups is 1. The van der Waals surface area contributed by atoms with Crippen LogP contribution in [0.15, 0.2) is 18.5 Å². The topological polar surface area (TPSA) is 44.1 Å². The van der Waals surface area contributed by atoms with Crippen molar-refractivity contribution in [2.24, 2.45) is 0 Å². The summed E-state index contributed by atoms with van der Waals surface area (Å²) in [5, 5.41) is 0.473. The number of methoxy groups -OCH3 is 1. The molecule has 1 rings (SSSR count). The average Bonchev–Trinajstić information content (AvgIpc) is 2.48. The molecule has 0 aliphatic carbocycles. The van der Waals surface area contributed by atoms with E-state index in [2.05, 4.69) is 16.3 Å². The number of esters is 1. The van der Waals surface area contributed by atoms with E-state index in [9.17, 15) is 4.79 Å². The van der Waals surface area contributed by atoms with Crippen molar-refractivity contribution < 1.29 is 9.53 Å². The number of aromatic nitrogens is 2. The van der Waals surface area contributed by atoms with E-state index in [0.29, 0.717) is 0 Å². The van der Waals surface area contributed by atoms with E-state index in [0.717, 1.165) is 0 Å². The molecule has 14 heavy (non-hydrogen) atoms. The molecule has 0 aromatic carbocycles. The van der Waals surface area contributed by atoms with Crippen LogP contribution in [0, 0.1) is 0 Å². The lowest BCUT2D eigenvalue weighted by molar-refractivity contribution is -0.136. The van der Waals surface area contributed by atoms with E-state index in [1.807, 2.05) is 0 Å². The highest BCUT2D eigenvalue weighted by Gasteiger charge is 2.11. The lowest BCUT2D eigenvalue weighted by Gasteiger charge is -2.04. The first-order valence-corrected chi connectivity index (χ1v) is 4.44. The van der Waals surface area contributed by atoms with Gasteiger partial charge in [0.1, 0.15) is 5.15 Å². The van der Waals surface area contributed by atoms with E-state index in [1.165, 1.54) is 18.0 Å². The molecule has 0 spiro atoms. The Kier molecular flexibility index (Phi) is 3.55. The summed E-state index contributed by atoms with van der Waals surface area (Å²) in [5.41, 5.74) is 0.281. The first-order chi connectivity index (χ1) is 6.56. The fourth-order valence-electron chi connectivity index (χ4n) is 0.868. The van der Waals surface area contributed by atoms with E-state index in [1.54, 1.807) is 0 Å². The monoisotopic (exact) mass is 234 g/mol. The van der Waals surface area contributed by atoms with Gasteiger partial charge in [0.2, 0.25) is 0 Å². The van der Waals surface area contributed by atoms with Crippen LogP contribution in [0.3, 0.4) is 0 Å². The molecule has 0 saturated carbocycles. The molecule has 0 atom stereocenters. The van der Waals surface area contributed by atoms with Crippen LogP contribution in [0.5, 0.6) is 0 Å². The molecule has 0 bridgehead atoms. The van der Waals surface area contributed by atoms with Crippen molar-refractivity contribution >= 4 is 29.2 Å². The maximum absolute atomic E-state index is 11.0. The number of hydrogen-bond acceptors (Lipinski definition) is 3. The van der Waals surface area contributed by atoms with Crippen LogP contribution in [-0.4, -0.2) is 22.6 Å². The normalized spacial score (nSPS) is 9.93. The zero-order valence-corrected chi connectivity index (χ0v) is 8.97. The highest BCUT2D eigenvalue weighted by Crippen LogP contribution is 2.20. The molecule has 0 aliphatic heterocycles. The first kappa shape index (κ1) is 11.1. The van der Waals surface area contributed by atoms with Gasteiger partial charge in [-0.3, -0.25) is 0 Å². The van der Waals surface area contributed by atoms with Crippen LogP contribution in [0.4, 0.5) is 0 Å². The number of nitrogens with zero attached hydrogens (tertiary/aromatic N) is 2. The van der Waals surface area contributed by atoms with Gasteiger partial charge in [-0.05, 0) is 0 Å². The molecule has 6 heteroatoms. The summed E-state index contributed by atoms with van der Waals surface area (Å²) in [6, 6.07) is 0. The van der Waals surface area contributed by atoms with Crippen molar-refractivity contribution in [2.75, 3.05) is 7.11 Å². The Hall–Kier alpha value is -1.00. The second-order valence-electron chi connectivity index (χ2n) is 2.55. The third kappa shape index (κ3) is 2.27. The summed E-state index contributed by atoms with van der Waals surface area (Å²) in [6.45, 7) is 3.76. The Morgan fingerprint density at radius 3 is 2.79 bits per heavy atom. The van der Waals surface area contributed by atoms with Crippen molar-refractivity contribution in [1.29, 1.82) is 0 Å². The molecule has 1 heterocycles. The fourth-order valence-corrected chi connectivity index (χ4v) is 1.17. The zero-order chi connectivity index (χ0) is 10.7. The van der Waals surface area contributed by atoms with Crippen molar-refractivity contribution in [3.63, 3.8) is 0 Å². The molecule has 0 unspecified atom stereocenters. The van der Waals surface area contributed by atoms with Gasteiger partial charge >= 0.3 is 5.97 Å². The van der Waals surface area contributed by atoms with Gasteiger partial charge in [0, 0.05) is 5.57 Å². The molecule has 0 radical (unpaired) electrons. The van der Waals surface area contributed by atoms with Crippen LogP contribution < -0.4 is 0 Å². The third-order valence-corrected chi connectivity index (χ3v) is 2.34. The molecule has 1 aromatic rings. The Morgan fingerprint density at radius 2 is 2.36 bits per heavy atom. The van der Waals surface area contributed by atoms with Gasteiger partial charge < -0.3 is 9.30 Å². The molecular weight excluding hydrogens is 227 g/mol. The summed E-state index contributed by atoms with van der Waals surface area (Å²) in [5.74, 6) is -0.481. The number of rotatable bonds is 3. The summed E-state index contributed by atoms with van der Waals surface area (Å²) in [6.07, 6.45) is 1.43. The smallest absolute Gasteiger partial charge is 0.334 e. The fraction of sp³-hybridized carbons (Fsp3) is 0.250. The number of halogens is 2. The predicted molar refractivity (Wildman–Crippen MR) is 53.4 cm³/mol. The molecule has 0 fully saturated rings. The van der Waals surface area contributed by atoms with Crippen LogP contribution >= 0.6 is 23.2 Å². The molecule has 0 aliphatic rings. The van der Waals surface area contributed by atoms with E-state index < -0.39 is 5.97 Å². The minimum Gasteiger partial charge on any atom is -0.466 e. The van der Waals surface area contributed by atoms with Gasteiger partial charge in [-0.15, -0.1) is 0 Å². The van der Waals surface area contributed by atoms with Crippen LogP contribution in [-0.2, 0) is 16.1 Å². The minimum atomic E-state index is -0.481. The van der Waals surface area contributed by atoms with Gasteiger partial charge in [-0.1, -0.05) is 29.8 Å². The van der Waals surface area contributed by atoms with E-state index in [4.69, 9.17) is 23.2 Å². The lowest BCUT2D eigenvalue weighted by Crippen LogP contribution is -2.10. The third-order valence-electron chi connectivity index (χ3n) is 1.57. The Morgan fingerprint density at radius 1 is 1.71 bits per heavy atom. The SMILES string of the molecule is C=C(Cn1cnc(Cl)c1Cl)C(=O)OC. The number of hydrogen-bond donors (Lipinski definition) is 0. The Labute approximate surface area is 91.1 Å². The van der Waals surface area contributed by atoms with E-state index in [-0.39, 0.29) is 22.4 Å². The number of carbonyl (C=O) groups excluding carboxylic acids is 1. The summed E-state index contributed by atoms with van der Waals surface area (Å²) >= 11 is 11.4. The first-order valence-electron chi connectivity index (χ1n) is 3.68. The summed E-state index contributed by atoms with van der Waals surface area (Å²) in [4.78, 5) is 14.8. The molecule has 1 aromatic heterocycles. The number of ether oxygens (including phenoxy) is 1. The average molecular weight is 235 g/mol. The summed E-state index contributed by atoms with van der Waals surface area (Å²) < 4.78 is 5.99. The second-order valence-corrected chi connectivity index (χ2v) is 3.27. The highest BCUT2D eigenvalue weighted by molar-refractivity contribution is 6.40. The van der Waals surface area contributed by atoms with Crippen LogP contribution in [0.1, 0.15) is 0 Å². The van der Waals surface area contributed by atoms with Gasteiger partial charge in [0.25, 0.3) is 0 Å². The molecule has 0 saturated heterocycles. The molecule has 0 amide bonds. The largest absolute Gasteiger partial charge is 0.466 e. The van der Waals surface area contributed by atoms with E-state index >= 15 is 0 Å². The Balaban J connectivity index is 2.75. The second kappa shape index (κ2) is 4.48. The lowest BCUT2D eigenvalue weighted by atomic mass is 10.3. The molecule has 4 nitrogen and oxygen atoms in total. The van der Waals surface area contributed by atoms with Crippen LogP contribution in [0.2, 0.25) is 10.3 Å². The van der Waals surface area contributed by atoms with Gasteiger partial charge in [0.05, 0.1) is 20.0 Å². The zero-order valence-electron chi connectivity index (χ0n) is 7.46. The van der Waals surface area contributed by atoms with Crippen molar-refractivity contribution in [2.45, 2.75) is 6.54 Å². The molecule has 76 valence electrons. The quantitative estimate of drug-likeness (QED) is 0.593. The van der Waals surface area contributed by atoms with Crippen molar-refractivity contribution in [3.05, 3.63) is 28.8 Å². The van der Waals surface area contributed by atoms with Gasteiger partial charge in [-0.25, -0.2) is 9.78 Å². The highest BCUT2D eigenvalue weighted by atomic mass is 35.5. The summed E-state index contributed by atoms with van der Waals surface area (Å²) in [7, 11) is 1.29. The number of imidazole rings is 1. The Bertz CT molecular complexity index is 373. The predicted octanol–water partition coefficient (Wildman–Crippen LogP) is 1.92. The minimum absolute atomic E-state index is 0.198. The van der Waals surface area contributed by atoms with Crippen molar-refractivity contribution in [1.82, 2.24) is 9.55 Å². The standard InChI is InChI=1S/C8H8Cl2N2O2/c1-5(8(13)14-2)3-12-4-11-6(9)7(12)10/h4H,1,3H2,2H3.